The fourth-order valence-corrected chi connectivity index (χ4v) is 3.89. The Balaban J connectivity index is 2.20. The first kappa shape index (κ1) is 22.7. The van der Waals surface area contributed by atoms with Gasteiger partial charge in [0.15, 0.2) is 0 Å². The summed E-state index contributed by atoms with van der Waals surface area (Å²) in [5.74, 6) is -0.639. The number of aliphatic hydroxyl groups excluding tert-OH is 1. The predicted octanol–water partition coefficient (Wildman–Crippen LogP) is 4.97. The van der Waals surface area contributed by atoms with Gasteiger partial charge in [0.05, 0.1) is 29.9 Å². The molecule has 6 nitrogen and oxygen atoms in total. The molecule has 164 valence electrons. The lowest BCUT2D eigenvalue weighted by molar-refractivity contribution is -0.139. The fourth-order valence-electron chi connectivity index (χ4n) is 3.69. The third-order valence-electron chi connectivity index (χ3n) is 4.98. The third kappa shape index (κ3) is 4.54. The van der Waals surface area contributed by atoms with E-state index in [-0.39, 0.29) is 28.0 Å². The van der Waals surface area contributed by atoms with Gasteiger partial charge in [-0.1, -0.05) is 30.7 Å². The molecule has 0 radical (unpaired) electrons. The summed E-state index contributed by atoms with van der Waals surface area (Å²) >= 11 is 6.30. The molecule has 0 saturated carbocycles. The highest BCUT2D eigenvalue weighted by Gasteiger charge is 2.46. The molecular formula is C24H26ClNO5. The monoisotopic (exact) mass is 443 g/mol. The molecule has 1 saturated heterocycles. The van der Waals surface area contributed by atoms with E-state index in [9.17, 15) is 14.7 Å². The molecule has 1 aliphatic heterocycles. The largest absolute Gasteiger partial charge is 0.507 e. The Morgan fingerprint density at radius 3 is 2.55 bits per heavy atom. The minimum Gasteiger partial charge on any atom is -0.507 e. The van der Waals surface area contributed by atoms with Crippen LogP contribution in [-0.4, -0.2) is 41.5 Å². The number of carbonyl (C=O) groups excluding carboxylic acids is 2. The van der Waals surface area contributed by atoms with Crippen molar-refractivity contribution in [3.8, 4) is 11.5 Å². The van der Waals surface area contributed by atoms with Crippen LogP contribution < -0.4 is 9.47 Å². The molecule has 31 heavy (non-hydrogen) atoms. The van der Waals surface area contributed by atoms with Gasteiger partial charge in [-0.25, -0.2) is 0 Å². The number of methoxy groups -OCH3 is 1. The number of hydrogen-bond donors (Lipinski definition) is 1. The summed E-state index contributed by atoms with van der Waals surface area (Å²) in [6.45, 7) is 6.13. The number of ether oxygens (including phenoxy) is 2. The Labute approximate surface area is 187 Å². The second-order valence-corrected chi connectivity index (χ2v) is 7.98. The van der Waals surface area contributed by atoms with E-state index < -0.39 is 17.7 Å². The minimum atomic E-state index is -0.752. The molecule has 3 rings (SSSR count). The molecule has 1 atom stereocenters. The molecule has 2 aromatic rings. The highest BCUT2D eigenvalue weighted by Crippen LogP contribution is 2.41. The van der Waals surface area contributed by atoms with Crippen molar-refractivity contribution in [3.05, 3.63) is 64.2 Å². The van der Waals surface area contributed by atoms with E-state index in [1.165, 1.54) is 12.0 Å². The Bertz CT molecular complexity index is 1030. The van der Waals surface area contributed by atoms with Crippen molar-refractivity contribution in [1.82, 2.24) is 4.90 Å². The van der Waals surface area contributed by atoms with Crippen molar-refractivity contribution in [2.75, 3.05) is 13.7 Å². The first-order valence-electron chi connectivity index (χ1n) is 10.2. The molecule has 1 unspecified atom stereocenters. The number of ketones is 1. The first-order valence-corrected chi connectivity index (χ1v) is 10.5. The lowest BCUT2D eigenvalue weighted by atomic mass is 9.95. The van der Waals surface area contributed by atoms with Crippen LogP contribution in [0.1, 0.15) is 44.4 Å². The number of hydrogen-bond acceptors (Lipinski definition) is 5. The molecule has 1 fully saturated rings. The van der Waals surface area contributed by atoms with Crippen LogP contribution in [-0.2, 0) is 9.59 Å². The van der Waals surface area contributed by atoms with Gasteiger partial charge >= 0.3 is 0 Å². The molecule has 1 aliphatic rings. The summed E-state index contributed by atoms with van der Waals surface area (Å²) in [6, 6.07) is 11.2. The van der Waals surface area contributed by atoms with Gasteiger partial charge in [0.2, 0.25) is 0 Å². The van der Waals surface area contributed by atoms with Crippen LogP contribution in [0.2, 0.25) is 5.02 Å². The van der Waals surface area contributed by atoms with Crippen LogP contribution in [0.25, 0.3) is 5.76 Å². The van der Waals surface area contributed by atoms with Crippen molar-refractivity contribution in [1.29, 1.82) is 0 Å². The average Bonchev–Trinajstić information content (AvgIpc) is 2.98. The summed E-state index contributed by atoms with van der Waals surface area (Å²) < 4.78 is 11.0. The lowest BCUT2D eigenvalue weighted by Gasteiger charge is -2.25. The average molecular weight is 444 g/mol. The number of Topliss-reactive ketones (excluding diaryl/α,β-unsaturated/α-hetero) is 1. The van der Waals surface area contributed by atoms with Gasteiger partial charge < -0.3 is 19.5 Å². The van der Waals surface area contributed by atoms with E-state index in [0.29, 0.717) is 30.0 Å². The number of halogens is 1. The van der Waals surface area contributed by atoms with Crippen LogP contribution in [0.4, 0.5) is 0 Å². The fraction of sp³-hybridized carbons (Fsp3) is 0.333. The number of aliphatic hydroxyl groups is 1. The van der Waals surface area contributed by atoms with E-state index in [1.54, 1.807) is 30.3 Å². The minimum absolute atomic E-state index is 0.00435. The standard InChI is InChI=1S/C24H26ClNO5/c1-5-11-26-21(15-7-6-8-17(12-15)31-14(2)3)20(23(28)24(26)29)22(27)18-13-16(30-4)9-10-19(18)25/h6-10,12-14,21,27H,5,11H2,1-4H3/b22-20+. The number of rotatable bonds is 7. The lowest BCUT2D eigenvalue weighted by Crippen LogP contribution is -2.30. The van der Waals surface area contributed by atoms with Crippen LogP contribution >= 0.6 is 11.6 Å². The summed E-state index contributed by atoms with van der Waals surface area (Å²) in [4.78, 5) is 27.3. The van der Waals surface area contributed by atoms with Gasteiger partial charge in [0.1, 0.15) is 17.3 Å². The highest BCUT2D eigenvalue weighted by molar-refractivity contribution is 6.47. The van der Waals surface area contributed by atoms with Gasteiger partial charge in [-0.3, -0.25) is 9.59 Å². The maximum atomic E-state index is 13.0. The molecule has 0 aliphatic carbocycles. The van der Waals surface area contributed by atoms with Crippen molar-refractivity contribution in [2.24, 2.45) is 0 Å². The molecule has 7 heteroatoms. The molecule has 1 heterocycles. The van der Waals surface area contributed by atoms with Crippen molar-refractivity contribution in [3.63, 3.8) is 0 Å². The van der Waals surface area contributed by atoms with Gasteiger partial charge in [-0.2, -0.15) is 0 Å². The quantitative estimate of drug-likeness (QED) is 0.371. The van der Waals surface area contributed by atoms with E-state index in [1.807, 2.05) is 32.9 Å². The normalized spacial score (nSPS) is 18.0. The number of amides is 1. The number of nitrogens with zero attached hydrogens (tertiary/aromatic N) is 1. The Morgan fingerprint density at radius 2 is 1.90 bits per heavy atom. The maximum absolute atomic E-state index is 13.0. The van der Waals surface area contributed by atoms with Crippen LogP contribution in [0, 0.1) is 0 Å². The highest BCUT2D eigenvalue weighted by atomic mass is 35.5. The van der Waals surface area contributed by atoms with E-state index in [2.05, 4.69) is 0 Å². The zero-order valence-corrected chi connectivity index (χ0v) is 18.8. The number of likely N-dealkylation sites (tertiary alicyclic amines) is 1. The molecular weight excluding hydrogens is 418 g/mol. The Kier molecular flexibility index (Phi) is 6.91. The molecule has 0 bridgehead atoms. The predicted molar refractivity (Wildman–Crippen MR) is 120 cm³/mol. The van der Waals surface area contributed by atoms with Gasteiger partial charge in [0.25, 0.3) is 11.7 Å². The number of carbonyl (C=O) groups is 2. The Hall–Kier alpha value is -2.99. The summed E-state index contributed by atoms with van der Waals surface area (Å²) in [7, 11) is 1.49. The smallest absolute Gasteiger partial charge is 0.295 e. The molecule has 1 N–H and O–H groups in total. The number of benzene rings is 2. The van der Waals surface area contributed by atoms with Crippen LogP contribution in [0.15, 0.2) is 48.0 Å². The van der Waals surface area contributed by atoms with Gasteiger partial charge in [0, 0.05) is 12.1 Å². The van der Waals surface area contributed by atoms with Crippen LogP contribution in [0.5, 0.6) is 11.5 Å². The zero-order chi connectivity index (χ0) is 22.7. The van der Waals surface area contributed by atoms with Crippen molar-refractivity contribution in [2.45, 2.75) is 39.3 Å². The summed E-state index contributed by atoms with van der Waals surface area (Å²) in [5, 5.41) is 11.4. The van der Waals surface area contributed by atoms with Crippen LogP contribution in [0.3, 0.4) is 0 Å². The van der Waals surface area contributed by atoms with E-state index >= 15 is 0 Å². The second kappa shape index (κ2) is 9.43. The van der Waals surface area contributed by atoms with Gasteiger partial charge in [-0.15, -0.1) is 0 Å². The molecule has 1 amide bonds. The van der Waals surface area contributed by atoms with E-state index in [4.69, 9.17) is 21.1 Å². The second-order valence-electron chi connectivity index (χ2n) is 7.58. The first-order chi connectivity index (χ1) is 14.8. The van der Waals surface area contributed by atoms with Gasteiger partial charge in [-0.05, 0) is 56.2 Å². The van der Waals surface area contributed by atoms with Crippen molar-refractivity contribution >= 4 is 29.1 Å². The maximum Gasteiger partial charge on any atom is 0.295 e. The molecule has 2 aromatic carbocycles. The Morgan fingerprint density at radius 1 is 1.16 bits per heavy atom. The summed E-state index contributed by atoms with van der Waals surface area (Å²) in [5.41, 5.74) is 0.900. The third-order valence-corrected chi connectivity index (χ3v) is 5.31. The van der Waals surface area contributed by atoms with E-state index in [0.717, 1.165) is 0 Å². The molecule has 0 spiro atoms. The molecule has 0 aromatic heterocycles. The zero-order valence-electron chi connectivity index (χ0n) is 18.0. The van der Waals surface area contributed by atoms with Crippen molar-refractivity contribution < 1.29 is 24.2 Å². The SMILES string of the molecule is CCCN1C(=O)C(=O)/C(=C(/O)c2cc(OC)ccc2Cl)C1c1cccc(OC(C)C)c1. The summed E-state index contributed by atoms with van der Waals surface area (Å²) in [6.07, 6.45) is 0.624. The topological polar surface area (TPSA) is 76.1 Å².